The van der Waals surface area contributed by atoms with Gasteiger partial charge in [-0.1, -0.05) is 47.1 Å². The molecule has 134 valence electrons. The van der Waals surface area contributed by atoms with Gasteiger partial charge in [-0.15, -0.1) is 0 Å². The van der Waals surface area contributed by atoms with E-state index in [1.54, 1.807) is 7.11 Å². The van der Waals surface area contributed by atoms with Gasteiger partial charge in [-0.25, -0.2) is 0 Å². The number of methoxy groups -OCH3 is 1. The monoisotopic (exact) mass is 349 g/mol. The van der Waals surface area contributed by atoms with E-state index in [0.717, 1.165) is 43.3 Å². The minimum atomic E-state index is 0.298. The van der Waals surface area contributed by atoms with Crippen LogP contribution in [0.1, 0.15) is 29.4 Å². The van der Waals surface area contributed by atoms with Crippen LogP contribution in [-0.4, -0.2) is 35.2 Å². The molecule has 2 aromatic carbocycles. The second kappa shape index (κ2) is 7.30. The van der Waals surface area contributed by atoms with Crippen LogP contribution in [0.2, 0.25) is 0 Å². The minimum absolute atomic E-state index is 0.298. The summed E-state index contributed by atoms with van der Waals surface area (Å²) in [6.07, 6.45) is 1.05. The third-order valence-electron chi connectivity index (χ3n) is 4.92. The Hall–Kier alpha value is -2.66. The molecule has 1 atom stereocenters. The predicted molar refractivity (Wildman–Crippen MR) is 100 cm³/mol. The normalized spacial score (nSPS) is 17.5. The molecule has 0 aliphatic carbocycles. The Morgan fingerprint density at radius 2 is 2.04 bits per heavy atom. The number of aryl methyl sites for hydroxylation is 1. The van der Waals surface area contributed by atoms with Crippen molar-refractivity contribution in [2.24, 2.45) is 0 Å². The molecular formula is C21H23N3O2. The molecule has 5 heteroatoms. The molecule has 1 aliphatic heterocycles. The summed E-state index contributed by atoms with van der Waals surface area (Å²) in [7, 11) is 1.65. The first-order chi connectivity index (χ1) is 12.7. The Kier molecular flexibility index (Phi) is 4.71. The van der Waals surface area contributed by atoms with Crippen LogP contribution in [0, 0.1) is 6.92 Å². The molecule has 0 amide bonds. The Bertz CT molecular complexity index is 873. The maximum absolute atomic E-state index is 5.56. The SMILES string of the molecule is COc1cccc(-c2noc([C@H]3CCN(Cc4ccc(C)cc4)C3)n2)c1. The standard InChI is InChI=1S/C21H23N3O2/c1-15-6-8-16(9-7-15)13-24-11-10-18(14-24)21-22-20(23-26-21)17-4-3-5-19(12-17)25-2/h3-9,12,18H,10-11,13-14H2,1-2H3/t18-/m0/s1. The van der Waals surface area contributed by atoms with E-state index >= 15 is 0 Å². The molecule has 2 heterocycles. The highest BCUT2D eigenvalue weighted by atomic mass is 16.5. The summed E-state index contributed by atoms with van der Waals surface area (Å²) in [6, 6.07) is 16.5. The molecule has 3 aromatic rings. The highest BCUT2D eigenvalue weighted by Crippen LogP contribution is 2.29. The molecule has 26 heavy (non-hydrogen) atoms. The van der Waals surface area contributed by atoms with Crippen LogP contribution in [0.15, 0.2) is 53.1 Å². The first-order valence-corrected chi connectivity index (χ1v) is 8.97. The van der Waals surface area contributed by atoms with Gasteiger partial charge in [0.05, 0.1) is 13.0 Å². The maximum Gasteiger partial charge on any atom is 0.231 e. The molecule has 1 saturated heterocycles. The van der Waals surface area contributed by atoms with E-state index in [0.29, 0.717) is 11.7 Å². The van der Waals surface area contributed by atoms with Gasteiger partial charge in [0, 0.05) is 18.7 Å². The predicted octanol–water partition coefficient (Wildman–Crippen LogP) is 4.04. The lowest BCUT2D eigenvalue weighted by Gasteiger charge is -2.15. The van der Waals surface area contributed by atoms with Crippen LogP contribution in [-0.2, 0) is 6.54 Å². The average molecular weight is 349 g/mol. The van der Waals surface area contributed by atoms with Crippen LogP contribution in [0.3, 0.4) is 0 Å². The quantitative estimate of drug-likeness (QED) is 0.696. The zero-order valence-corrected chi connectivity index (χ0v) is 15.2. The Morgan fingerprint density at radius 1 is 1.19 bits per heavy atom. The first kappa shape index (κ1) is 16.8. The third kappa shape index (κ3) is 3.63. The Labute approximate surface area is 153 Å². The van der Waals surface area contributed by atoms with Gasteiger partial charge in [-0.2, -0.15) is 4.98 Å². The second-order valence-corrected chi connectivity index (χ2v) is 6.89. The number of likely N-dealkylation sites (tertiary alicyclic amines) is 1. The van der Waals surface area contributed by atoms with Crippen molar-refractivity contribution in [3.05, 3.63) is 65.5 Å². The van der Waals surface area contributed by atoms with Crippen LogP contribution >= 0.6 is 0 Å². The lowest BCUT2D eigenvalue weighted by atomic mass is 10.1. The molecule has 0 saturated carbocycles. The molecule has 0 radical (unpaired) electrons. The van der Waals surface area contributed by atoms with Crippen molar-refractivity contribution in [2.45, 2.75) is 25.8 Å². The van der Waals surface area contributed by atoms with Crippen molar-refractivity contribution < 1.29 is 9.26 Å². The molecule has 0 bridgehead atoms. The Balaban J connectivity index is 1.42. The highest BCUT2D eigenvalue weighted by molar-refractivity contribution is 5.56. The van der Waals surface area contributed by atoms with Gasteiger partial charge in [0.15, 0.2) is 0 Å². The fourth-order valence-corrected chi connectivity index (χ4v) is 3.41. The number of hydrogen-bond donors (Lipinski definition) is 0. The molecule has 5 nitrogen and oxygen atoms in total. The molecule has 0 spiro atoms. The van der Waals surface area contributed by atoms with Gasteiger partial charge in [-0.3, -0.25) is 4.90 Å². The lowest BCUT2D eigenvalue weighted by molar-refractivity contribution is 0.309. The fraction of sp³-hybridized carbons (Fsp3) is 0.333. The summed E-state index contributed by atoms with van der Waals surface area (Å²) in [4.78, 5) is 7.08. The fourth-order valence-electron chi connectivity index (χ4n) is 3.41. The molecule has 1 aromatic heterocycles. The van der Waals surface area contributed by atoms with Gasteiger partial charge >= 0.3 is 0 Å². The van der Waals surface area contributed by atoms with E-state index < -0.39 is 0 Å². The Morgan fingerprint density at radius 3 is 2.85 bits per heavy atom. The summed E-state index contributed by atoms with van der Waals surface area (Å²) in [6.45, 7) is 5.09. The largest absolute Gasteiger partial charge is 0.497 e. The van der Waals surface area contributed by atoms with Gasteiger partial charge in [0.25, 0.3) is 0 Å². The van der Waals surface area contributed by atoms with E-state index in [2.05, 4.69) is 46.2 Å². The van der Waals surface area contributed by atoms with E-state index in [4.69, 9.17) is 9.26 Å². The van der Waals surface area contributed by atoms with Crippen molar-refractivity contribution in [2.75, 3.05) is 20.2 Å². The number of aromatic nitrogens is 2. The summed E-state index contributed by atoms with van der Waals surface area (Å²) in [5.74, 6) is 2.44. The van der Waals surface area contributed by atoms with Crippen LogP contribution in [0.4, 0.5) is 0 Å². The molecule has 4 rings (SSSR count). The van der Waals surface area contributed by atoms with Crippen LogP contribution in [0.5, 0.6) is 5.75 Å². The number of rotatable bonds is 5. The van der Waals surface area contributed by atoms with Gasteiger partial charge in [0.1, 0.15) is 5.75 Å². The van der Waals surface area contributed by atoms with Crippen molar-refractivity contribution in [3.63, 3.8) is 0 Å². The van der Waals surface area contributed by atoms with Crippen molar-refractivity contribution >= 4 is 0 Å². The smallest absolute Gasteiger partial charge is 0.231 e. The summed E-state index contributed by atoms with van der Waals surface area (Å²) >= 11 is 0. The van der Waals surface area contributed by atoms with Crippen molar-refractivity contribution in [1.29, 1.82) is 0 Å². The molecule has 1 fully saturated rings. The number of nitrogens with zero attached hydrogens (tertiary/aromatic N) is 3. The zero-order valence-electron chi connectivity index (χ0n) is 15.2. The molecule has 1 aliphatic rings. The van der Waals surface area contributed by atoms with E-state index in [9.17, 15) is 0 Å². The lowest BCUT2D eigenvalue weighted by Crippen LogP contribution is -2.19. The summed E-state index contributed by atoms with van der Waals surface area (Å²) in [5, 5.41) is 4.16. The van der Waals surface area contributed by atoms with Gasteiger partial charge < -0.3 is 9.26 Å². The van der Waals surface area contributed by atoms with Gasteiger partial charge in [-0.05, 0) is 37.6 Å². The summed E-state index contributed by atoms with van der Waals surface area (Å²) < 4.78 is 10.8. The van der Waals surface area contributed by atoms with Crippen molar-refractivity contribution in [1.82, 2.24) is 15.0 Å². The number of ether oxygens (including phenoxy) is 1. The zero-order chi connectivity index (χ0) is 17.9. The second-order valence-electron chi connectivity index (χ2n) is 6.89. The highest BCUT2D eigenvalue weighted by Gasteiger charge is 2.28. The first-order valence-electron chi connectivity index (χ1n) is 8.97. The van der Waals surface area contributed by atoms with E-state index in [1.807, 2.05) is 24.3 Å². The van der Waals surface area contributed by atoms with Crippen LogP contribution in [0.25, 0.3) is 11.4 Å². The molecule has 0 N–H and O–H groups in total. The maximum atomic E-state index is 5.56. The topological polar surface area (TPSA) is 51.4 Å². The minimum Gasteiger partial charge on any atom is -0.497 e. The van der Waals surface area contributed by atoms with E-state index in [1.165, 1.54) is 11.1 Å². The summed E-state index contributed by atoms with van der Waals surface area (Å²) in [5.41, 5.74) is 3.55. The van der Waals surface area contributed by atoms with Gasteiger partial charge in [0.2, 0.25) is 11.7 Å². The molecule has 0 unspecified atom stereocenters. The average Bonchev–Trinajstić information content (AvgIpc) is 3.33. The third-order valence-corrected chi connectivity index (χ3v) is 4.92. The number of hydrogen-bond acceptors (Lipinski definition) is 5. The van der Waals surface area contributed by atoms with E-state index in [-0.39, 0.29) is 0 Å². The molecular weight excluding hydrogens is 326 g/mol. The van der Waals surface area contributed by atoms with Crippen LogP contribution < -0.4 is 4.74 Å². The number of benzene rings is 2. The van der Waals surface area contributed by atoms with Crippen molar-refractivity contribution in [3.8, 4) is 17.1 Å².